The van der Waals surface area contributed by atoms with E-state index in [0.717, 1.165) is 17.7 Å². The molecule has 8 heteroatoms. The number of hydrogen-bond donors (Lipinski definition) is 1. The summed E-state index contributed by atoms with van der Waals surface area (Å²) in [6, 6.07) is 12.5. The SMILES string of the molecule is Cc1ccc(C(CC(=O)Nc2nc(-c3ccccc3)cs2)N2C(=O)C3C4C=CC(C4)C3C2=O)o1. The van der Waals surface area contributed by atoms with Crippen molar-refractivity contribution >= 4 is 34.2 Å². The highest BCUT2D eigenvalue weighted by Gasteiger charge is 2.60. The average Bonchev–Trinajstić information content (AvgIpc) is 3.64. The lowest BCUT2D eigenvalue weighted by Crippen LogP contribution is -2.38. The highest BCUT2D eigenvalue weighted by atomic mass is 32.1. The van der Waals surface area contributed by atoms with Crippen LogP contribution >= 0.6 is 11.3 Å². The first-order valence-corrected chi connectivity index (χ1v) is 12.3. The lowest BCUT2D eigenvalue weighted by molar-refractivity contribution is -0.144. The van der Waals surface area contributed by atoms with Crippen molar-refractivity contribution in [2.45, 2.75) is 25.8 Å². The molecule has 2 aliphatic carbocycles. The summed E-state index contributed by atoms with van der Waals surface area (Å²) < 4.78 is 5.80. The van der Waals surface area contributed by atoms with E-state index in [4.69, 9.17) is 4.42 Å². The second-order valence-electron chi connectivity index (χ2n) is 9.17. The topological polar surface area (TPSA) is 92.5 Å². The van der Waals surface area contributed by atoms with Crippen molar-refractivity contribution < 1.29 is 18.8 Å². The highest BCUT2D eigenvalue weighted by Crippen LogP contribution is 2.54. The number of fused-ring (bicyclic) bond motifs is 5. The molecule has 0 radical (unpaired) electrons. The summed E-state index contributed by atoms with van der Waals surface area (Å²) in [5.74, 6) is -0.0435. The first-order chi connectivity index (χ1) is 16.5. The number of anilines is 1. The lowest BCUT2D eigenvalue weighted by atomic mass is 9.85. The molecule has 2 aromatic heterocycles. The minimum atomic E-state index is -0.785. The molecule has 1 saturated heterocycles. The summed E-state index contributed by atoms with van der Waals surface area (Å²) in [7, 11) is 0. The van der Waals surface area contributed by atoms with Gasteiger partial charge in [0.2, 0.25) is 17.7 Å². The molecule has 34 heavy (non-hydrogen) atoms. The number of nitrogens with zero attached hydrogens (tertiary/aromatic N) is 2. The van der Waals surface area contributed by atoms with Crippen LogP contribution in [0.3, 0.4) is 0 Å². The fourth-order valence-corrected chi connectivity index (χ4v) is 6.34. The van der Waals surface area contributed by atoms with Gasteiger partial charge in [-0.2, -0.15) is 0 Å². The second-order valence-corrected chi connectivity index (χ2v) is 10.0. The molecule has 1 N–H and O–H groups in total. The van der Waals surface area contributed by atoms with Crippen LogP contribution in [-0.2, 0) is 14.4 Å². The van der Waals surface area contributed by atoms with Crippen LogP contribution in [0.5, 0.6) is 0 Å². The Morgan fingerprint density at radius 1 is 1.12 bits per heavy atom. The fraction of sp³-hybridized carbons (Fsp3) is 0.308. The molecule has 5 atom stereocenters. The molecule has 3 amide bonds. The fourth-order valence-electron chi connectivity index (χ4n) is 5.60. The normalized spacial score (nSPS) is 25.7. The molecule has 3 heterocycles. The molecular weight excluding hydrogens is 450 g/mol. The number of carbonyl (C=O) groups is 3. The molecular formula is C26H23N3O4S. The predicted molar refractivity (Wildman–Crippen MR) is 127 cm³/mol. The summed E-state index contributed by atoms with van der Waals surface area (Å²) in [4.78, 5) is 45.7. The minimum Gasteiger partial charge on any atom is -0.464 e. The Hall–Kier alpha value is -3.52. The van der Waals surface area contributed by atoms with Crippen molar-refractivity contribution in [3.63, 3.8) is 0 Å². The number of aromatic nitrogens is 1. The van der Waals surface area contributed by atoms with E-state index in [2.05, 4.69) is 22.5 Å². The van der Waals surface area contributed by atoms with Crippen LogP contribution in [0.1, 0.15) is 30.4 Å². The van der Waals surface area contributed by atoms with Crippen LogP contribution in [0.15, 0.2) is 64.4 Å². The first-order valence-electron chi connectivity index (χ1n) is 11.4. The van der Waals surface area contributed by atoms with Crippen LogP contribution in [0.4, 0.5) is 5.13 Å². The largest absolute Gasteiger partial charge is 0.464 e. The van der Waals surface area contributed by atoms with Crippen LogP contribution in [0, 0.1) is 30.6 Å². The molecule has 1 aliphatic heterocycles. The summed E-state index contributed by atoms with van der Waals surface area (Å²) in [6.07, 6.45) is 4.89. The summed E-state index contributed by atoms with van der Waals surface area (Å²) >= 11 is 1.33. The maximum atomic E-state index is 13.4. The van der Waals surface area contributed by atoms with Gasteiger partial charge in [0, 0.05) is 10.9 Å². The van der Waals surface area contributed by atoms with Gasteiger partial charge in [0.25, 0.3) is 0 Å². The van der Waals surface area contributed by atoms with Crippen molar-refractivity contribution in [2.75, 3.05) is 5.32 Å². The smallest absolute Gasteiger partial charge is 0.234 e. The first kappa shape index (κ1) is 21.0. The molecule has 3 aromatic rings. The quantitative estimate of drug-likeness (QED) is 0.418. The number of benzene rings is 1. The zero-order chi connectivity index (χ0) is 23.4. The zero-order valence-corrected chi connectivity index (χ0v) is 19.3. The molecule has 1 aromatic carbocycles. The Kier molecular flexibility index (Phi) is 4.99. The second kappa shape index (κ2) is 8.06. The van der Waals surface area contributed by atoms with Gasteiger partial charge in [-0.15, -0.1) is 11.3 Å². The summed E-state index contributed by atoms with van der Waals surface area (Å²) in [5, 5.41) is 5.19. The van der Waals surface area contributed by atoms with Gasteiger partial charge in [0.05, 0.1) is 24.0 Å². The number of furan rings is 1. The van der Waals surface area contributed by atoms with Gasteiger partial charge in [0.1, 0.15) is 17.6 Å². The predicted octanol–water partition coefficient (Wildman–Crippen LogP) is 4.59. The Bertz CT molecular complexity index is 1280. The van der Waals surface area contributed by atoms with Gasteiger partial charge in [0.15, 0.2) is 5.13 Å². The molecule has 3 aliphatic rings. The highest BCUT2D eigenvalue weighted by molar-refractivity contribution is 7.14. The molecule has 6 rings (SSSR count). The van der Waals surface area contributed by atoms with E-state index in [0.29, 0.717) is 16.7 Å². The van der Waals surface area contributed by atoms with E-state index in [1.165, 1.54) is 16.2 Å². The van der Waals surface area contributed by atoms with Gasteiger partial charge in [-0.1, -0.05) is 42.5 Å². The molecule has 7 nitrogen and oxygen atoms in total. The number of thiazole rings is 1. The van der Waals surface area contributed by atoms with E-state index < -0.39 is 6.04 Å². The minimum absolute atomic E-state index is 0.0904. The Balaban J connectivity index is 1.24. The van der Waals surface area contributed by atoms with Crippen LogP contribution in [0.25, 0.3) is 11.3 Å². The average molecular weight is 474 g/mol. The molecule has 0 spiro atoms. The monoisotopic (exact) mass is 473 g/mol. The van der Waals surface area contributed by atoms with Crippen molar-refractivity contribution in [3.05, 3.63) is 71.5 Å². The number of imide groups is 1. The number of hydrogen-bond acceptors (Lipinski definition) is 6. The standard InChI is InChI=1S/C26H23N3O4S/c1-14-7-10-20(33-14)19(29-24(31)22-16-8-9-17(11-16)23(22)25(29)32)12-21(30)28-26-27-18(13-34-26)15-5-3-2-4-6-15/h2-10,13,16-17,19,22-23H,11-12H2,1H3,(H,27,28,30). The number of aryl methyl sites for hydroxylation is 1. The van der Waals surface area contributed by atoms with E-state index in [-0.39, 0.29) is 47.8 Å². The number of amides is 3. The third-order valence-corrected chi connectivity index (χ3v) is 7.86. The maximum absolute atomic E-state index is 13.4. The third-order valence-electron chi connectivity index (χ3n) is 7.10. The van der Waals surface area contributed by atoms with E-state index in [1.807, 2.05) is 35.7 Å². The van der Waals surface area contributed by atoms with Crippen molar-refractivity contribution in [1.82, 2.24) is 9.88 Å². The van der Waals surface area contributed by atoms with Gasteiger partial charge in [-0.3, -0.25) is 19.3 Å². The zero-order valence-electron chi connectivity index (χ0n) is 18.5. The van der Waals surface area contributed by atoms with E-state index in [9.17, 15) is 14.4 Å². The Labute approximate surface area is 200 Å². The van der Waals surface area contributed by atoms with E-state index >= 15 is 0 Å². The van der Waals surface area contributed by atoms with Gasteiger partial charge in [-0.25, -0.2) is 4.98 Å². The number of rotatable bonds is 6. The Morgan fingerprint density at radius 2 is 1.82 bits per heavy atom. The molecule has 1 saturated carbocycles. The molecule has 2 bridgehead atoms. The lowest BCUT2D eigenvalue weighted by Gasteiger charge is -2.26. The van der Waals surface area contributed by atoms with E-state index in [1.54, 1.807) is 19.1 Å². The molecule has 2 fully saturated rings. The summed E-state index contributed by atoms with van der Waals surface area (Å²) in [6.45, 7) is 1.80. The number of nitrogens with one attached hydrogen (secondary N) is 1. The van der Waals surface area contributed by atoms with Gasteiger partial charge < -0.3 is 9.73 Å². The van der Waals surface area contributed by atoms with Gasteiger partial charge in [-0.05, 0) is 37.3 Å². The Morgan fingerprint density at radius 3 is 2.47 bits per heavy atom. The number of carbonyl (C=O) groups excluding carboxylic acids is 3. The number of allylic oxidation sites excluding steroid dienone is 2. The van der Waals surface area contributed by atoms with Crippen LogP contribution in [-0.4, -0.2) is 27.6 Å². The van der Waals surface area contributed by atoms with Gasteiger partial charge >= 0.3 is 0 Å². The number of likely N-dealkylation sites (tertiary alicyclic amines) is 1. The van der Waals surface area contributed by atoms with Crippen LogP contribution < -0.4 is 5.32 Å². The van der Waals surface area contributed by atoms with Crippen molar-refractivity contribution in [1.29, 1.82) is 0 Å². The summed E-state index contributed by atoms with van der Waals surface area (Å²) in [5.41, 5.74) is 1.74. The van der Waals surface area contributed by atoms with Crippen molar-refractivity contribution in [2.24, 2.45) is 23.7 Å². The maximum Gasteiger partial charge on any atom is 0.234 e. The van der Waals surface area contributed by atoms with Crippen molar-refractivity contribution in [3.8, 4) is 11.3 Å². The molecule has 5 unspecified atom stereocenters. The van der Waals surface area contributed by atoms with Crippen LogP contribution in [0.2, 0.25) is 0 Å². The molecule has 172 valence electrons. The third kappa shape index (κ3) is 3.40.